The van der Waals surface area contributed by atoms with Gasteiger partial charge in [-0.3, -0.25) is 4.98 Å². The number of methoxy groups -OCH3 is 1. The number of aromatic nitrogens is 1. The molecule has 1 aromatic carbocycles. The summed E-state index contributed by atoms with van der Waals surface area (Å²) in [4.78, 5) is 4.39. The summed E-state index contributed by atoms with van der Waals surface area (Å²) in [6, 6.07) is 7.63. The largest absolute Gasteiger partial charge is 0.496 e. The number of benzene rings is 1. The highest BCUT2D eigenvalue weighted by molar-refractivity contribution is 5.84. The third-order valence-electron chi connectivity index (χ3n) is 2.46. The maximum atomic E-state index is 9.31. The second-order valence-corrected chi connectivity index (χ2v) is 3.42. The van der Waals surface area contributed by atoms with Crippen LogP contribution >= 0.6 is 0 Å². The molecule has 0 aliphatic rings. The summed E-state index contributed by atoms with van der Waals surface area (Å²) >= 11 is 0. The van der Waals surface area contributed by atoms with E-state index < -0.39 is 0 Å². The van der Waals surface area contributed by atoms with Gasteiger partial charge in [-0.25, -0.2) is 0 Å². The van der Waals surface area contributed by atoms with Gasteiger partial charge in [-0.15, -0.1) is 0 Å². The Morgan fingerprint density at radius 2 is 2.07 bits per heavy atom. The van der Waals surface area contributed by atoms with Gasteiger partial charge in [-0.2, -0.15) is 0 Å². The quantitative estimate of drug-likeness (QED) is 0.812. The van der Waals surface area contributed by atoms with E-state index in [0.29, 0.717) is 5.75 Å². The van der Waals surface area contributed by atoms with Crippen LogP contribution in [-0.2, 0) is 6.61 Å². The number of hydrogen-bond acceptors (Lipinski definition) is 3. The standard InChI is InChI=1S/C12H13NO2/c1-8-3-4-9-10(7-14)12(15-2)6-5-11(9)13-8/h3-6,14H,7H2,1-2H3. The first kappa shape index (κ1) is 9.93. The predicted molar refractivity (Wildman–Crippen MR) is 59.0 cm³/mol. The third-order valence-corrected chi connectivity index (χ3v) is 2.46. The van der Waals surface area contributed by atoms with Gasteiger partial charge < -0.3 is 9.84 Å². The lowest BCUT2D eigenvalue weighted by Gasteiger charge is -2.09. The first-order chi connectivity index (χ1) is 7.26. The van der Waals surface area contributed by atoms with Crippen molar-refractivity contribution < 1.29 is 9.84 Å². The van der Waals surface area contributed by atoms with Crippen LogP contribution < -0.4 is 4.74 Å². The summed E-state index contributed by atoms with van der Waals surface area (Å²) in [5, 5.41) is 10.3. The van der Waals surface area contributed by atoms with E-state index >= 15 is 0 Å². The number of nitrogens with zero attached hydrogens (tertiary/aromatic N) is 1. The van der Waals surface area contributed by atoms with Crippen molar-refractivity contribution in [2.45, 2.75) is 13.5 Å². The summed E-state index contributed by atoms with van der Waals surface area (Å²) < 4.78 is 5.19. The van der Waals surface area contributed by atoms with E-state index in [0.717, 1.165) is 22.2 Å². The summed E-state index contributed by atoms with van der Waals surface area (Å²) in [6.45, 7) is 1.91. The van der Waals surface area contributed by atoms with E-state index in [1.54, 1.807) is 7.11 Å². The topological polar surface area (TPSA) is 42.4 Å². The van der Waals surface area contributed by atoms with Gasteiger partial charge in [0.25, 0.3) is 0 Å². The van der Waals surface area contributed by atoms with Crippen LogP contribution in [0.3, 0.4) is 0 Å². The van der Waals surface area contributed by atoms with Gasteiger partial charge in [0.1, 0.15) is 5.75 Å². The van der Waals surface area contributed by atoms with E-state index in [-0.39, 0.29) is 6.61 Å². The molecule has 0 unspecified atom stereocenters. The number of rotatable bonds is 2. The Hall–Kier alpha value is -1.61. The van der Waals surface area contributed by atoms with Gasteiger partial charge in [-0.05, 0) is 25.1 Å². The number of hydrogen-bond donors (Lipinski definition) is 1. The van der Waals surface area contributed by atoms with E-state index in [9.17, 15) is 5.11 Å². The highest BCUT2D eigenvalue weighted by Gasteiger charge is 2.07. The fourth-order valence-electron chi connectivity index (χ4n) is 1.70. The average molecular weight is 203 g/mol. The van der Waals surface area contributed by atoms with Crippen molar-refractivity contribution in [2.75, 3.05) is 7.11 Å². The molecule has 78 valence electrons. The number of fused-ring (bicyclic) bond motifs is 1. The Kier molecular flexibility index (Phi) is 2.56. The molecule has 3 nitrogen and oxygen atoms in total. The molecular weight excluding hydrogens is 190 g/mol. The highest BCUT2D eigenvalue weighted by atomic mass is 16.5. The van der Waals surface area contributed by atoms with Gasteiger partial charge in [0.05, 0.1) is 19.2 Å². The van der Waals surface area contributed by atoms with Crippen molar-refractivity contribution >= 4 is 10.9 Å². The fraction of sp³-hybridized carbons (Fsp3) is 0.250. The van der Waals surface area contributed by atoms with Crippen molar-refractivity contribution in [1.82, 2.24) is 4.98 Å². The van der Waals surface area contributed by atoms with Crippen LogP contribution in [0.5, 0.6) is 5.75 Å². The molecule has 0 aliphatic heterocycles. The zero-order valence-corrected chi connectivity index (χ0v) is 8.82. The van der Waals surface area contributed by atoms with Crippen molar-refractivity contribution in [3.8, 4) is 5.75 Å². The molecule has 0 bridgehead atoms. The summed E-state index contributed by atoms with van der Waals surface area (Å²) in [6.07, 6.45) is 0. The number of aryl methyl sites for hydroxylation is 1. The second-order valence-electron chi connectivity index (χ2n) is 3.42. The van der Waals surface area contributed by atoms with Crippen LogP contribution in [0, 0.1) is 6.92 Å². The van der Waals surface area contributed by atoms with E-state index in [2.05, 4.69) is 4.98 Å². The van der Waals surface area contributed by atoms with Gasteiger partial charge >= 0.3 is 0 Å². The maximum absolute atomic E-state index is 9.31. The minimum absolute atomic E-state index is 0.0365. The SMILES string of the molecule is COc1ccc2nc(C)ccc2c1CO. The molecule has 0 radical (unpaired) electrons. The monoisotopic (exact) mass is 203 g/mol. The molecule has 0 saturated heterocycles. The van der Waals surface area contributed by atoms with E-state index in [1.165, 1.54) is 0 Å². The molecule has 0 atom stereocenters. The maximum Gasteiger partial charge on any atom is 0.125 e. The molecule has 2 rings (SSSR count). The minimum atomic E-state index is -0.0365. The Morgan fingerprint density at radius 3 is 2.73 bits per heavy atom. The van der Waals surface area contributed by atoms with E-state index in [1.807, 2.05) is 31.2 Å². The molecule has 15 heavy (non-hydrogen) atoms. The lowest BCUT2D eigenvalue weighted by molar-refractivity contribution is 0.275. The molecule has 1 N–H and O–H groups in total. The minimum Gasteiger partial charge on any atom is -0.496 e. The number of pyridine rings is 1. The molecule has 0 fully saturated rings. The number of aliphatic hydroxyl groups is 1. The summed E-state index contributed by atoms with van der Waals surface area (Å²) in [5.74, 6) is 0.704. The molecular formula is C12H13NO2. The fourth-order valence-corrected chi connectivity index (χ4v) is 1.70. The molecule has 0 amide bonds. The molecule has 0 saturated carbocycles. The van der Waals surface area contributed by atoms with Gasteiger partial charge in [-0.1, -0.05) is 6.07 Å². The van der Waals surface area contributed by atoms with Crippen molar-refractivity contribution in [3.05, 3.63) is 35.5 Å². The zero-order chi connectivity index (χ0) is 10.8. The Labute approximate surface area is 88.3 Å². The molecule has 1 aromatic heterocycles. The molecule has 0 aliphatic carbocycles. The van der Waals surface area contributed by atoms with Gasteiger partial charge in [0.15, 0.2) is 0 Å². The number of aliphatic hydroxyl groups excluding tert-OH is 1. The molecule has 1 heterocycles. The first-order valence-corrected chi connectivity index (χ1v) is 4.80. The average Bonchev–Trinajstić information content (AvgIpc) is 2.27. The van der Waals surface area contributed by atoms with Gasteiger partial charge in [0, 0.05) is 16.6 Å². The Bertz CT molecular complexity index is 494. The predicted octanol–water partition coefficient (Wildman–Crippen LogP) is 2.04. The van der Waals surface area contributed by atoms with Crippen molar-refractivity contribution in [3.63, 3.8) is 0 Å². The smallest absolute Gasteiger partial charge is 0.125 e. The first-order valence-electron chi connectivity index (χ1n) is 4.80. The van der Waals surface area contributed by atoms with Crippen LogP contribution in [-0.4, -0.2) is 17.2 Å². The van der Waals surface area contributed by atoms with Crippen LogP contribution in [0.25, 0.3) is 10.9 Å². The van der Waals surface area contributed by atoms with Crippen LogP contribution in [0.1, 0.15) is 11.3 Å². The van der Waals surface area contributed by atoms with Crippen LogP contribution in [0.2, 0.25) is 0 Å². The van der Waals surface area contributed by atoms with Crippen molar-refractivity contribution in [1.29, 1.82) is 0 Å². The highest BCUT2D eigenvalue weighted by Crippen LogP contribution is 2.26. The van der Waals surface area contributed by atoms with Crippen molar-refractivity contribution in [2.24, 2.45) is 0 Å². The molecule has 3 heteroatoms. The molecule has 2 aromatic rings. The van der Waals surface area contributed by atoms with Gasteiger partial charge in [0.2, 0.25) is 0 Å². The summed E-state index contributed by atoms with van der Waals surface area (Å²) in [7, 11) is 1.60. The van der Waals surface area contributed by atoms with E-state index in [4.69, 9.17) is 4.74 Å². The lowest BCUT2D eigenvalue weighted by Crippen LogP contribution is -1.94. The second kappa shape index (κ2) is 3.87. The Balaban J connectivity index is 2.76. The molecule has 0 spiro atoms. The third kappa shape index (κ3) is 1.66. The summed E-state index contributed by atoms with van der Waals surface area (Å²) in [5.41, 5.74) is 2.65. The lowest BCUT2D eigenvalue weighted by atomic mass is 10.1. The zero-order valence-electron chi connectivity index (χ0n) is 8.82. The Morgan fingerprint density at radius 1 is 1.27 bits per heavy atom. The normalized spacial score (nSPS) is 10.6. The van der Waals surface area contributed by atoms with Crippen LogP contribution in [0.15, 0.2) is 24.3 Å². The van der Waals surface area contributed by atoms with Crippen LogP contribution in [0.4, 0.5) is 0 Å². The number of ether oxygens (including phenoxy) is 1.